The molecule has 1 aromatic carbocycles. The van der Waals surface area contributed by atoms with Crippen molar-refractivity contribution in [1.29, 1.82) is 0 Å². The Morgan fingerprint density at radius 3 is 2.50 bits per heavy atom. The topological polar surface area (TPSA) is 42.4 Å². The van der Waals surface area contributed by atoms with Gasteiger partial charge in [0.25, 0.3) is 0 Å². The number of benzene rings is 1. The van der Waals surface area contributed by atoms with E-state index in [9.17, 15) is 5.11 Å². The van der Waals surface area contributed by atoms with Gasteiger partial charge in [0.1, 0.15) is 5.75 Å². The SMILES string of the molecule is CC[C@](O)(C#Cc1ccc(OC)cc1)c1ccccn1. The van der Waals surface area contributed by atoms with Gasteiger partial charge >= 0.3 is 0 Å². The zero-order valence-electron chi connectivity index (χ0n) is 11.6. The Labute approximate surface area is 119 Å². The van der Waals surface area contributed by atoms with Gasteiger partial charge in [-0.3, -0.25) is 4.98 Å². The molecule has 3 heteroatoms. The fourth-order valence-electron chi connectivity index (χ4n) is 1.79. The first-order valence-corrected chi connectivity index (χ1v) is 6.49. The van der Waals surface area contributed by atoms with Crippen LogP contribution in [0.25, 0.3) is 0 Å². The zero-order chi connectivity index (χ0) is 14.4. The van der Waals surface area contributed by atoms with E-state index in [0.29, 0.717) is 12.1 Å². The lowest BCUT2D eigenvalue weighted by molar-refractivity contribution is 0.0913. The zero-order valence-corrected chi connectivity index (χ0v) is 11.6. The van der Waals surface area contributed by atoms with Crippen LogP contribution in [0.4, 0.5) is 0 Å². The van der Waals surface area contributed by atoms with Gasteiger partial charge < -0.3 is 9.84 Å². The van der Waals surface area contributed by atoms with Crippen molar-refractivity contribution in [1.82, 2.24) is 4.98 Å². The van der Waals surface area contributed by atoms with Crippen molar-refractivity contribution in [3.05, 3.63) is 59.9 Å². The first kappa shape index (κ1) is 14.1. The van der Waals surface area contributed by atoms with E-state index in [0.717, 1.165) is 11.3 Å². The van der Waals surface area contributed by atoms with Crippen LogP contribution in [0.2, 0.25) is 0 Å². The molecular weight excluding hydrogens is 250 g/mol. The van der Waals surface area contributed by atoms with Crippen molar-refractivity contribution < 1.29 is 9.84 Å². The third kappa shape index (κ3) is 3.17. The molecular formula is C17H17NO2. The number of hydrogen-bond acceptors (Lipinski definition) is 3. The Kier molecular flexibility index (Phi) is 4.39. The van der Waals surface area contributed by atoms with Gasteiger partial charge in [0, 0.05) is 11.8 Å². The quantitative estimate of drug-likeness (QED) is 0.869. The smallest absolute Gasteiger partial charge is 0.167 e. The van der Waals surface area contributed by atoms with Crippen LogP contribution in [0.3, 0.4) is 0 Å². The predicted molar refractivity (Wildman–Crippen MR) is 78.3 cm³/mol. The Hall–Kier alpha value is -2.31. The highest BCUT2D eigenvalue weighted by Gasteiger charge is 2.25. The van der Waals surface area contributed by atoms with Crippen molar-refractivity contribution in [3.8, 4) is 17.6 Å². The van der Waals surface area contributed by atoms with Crippen molar-refractivity contribution in [3.63, 3.8) is 0 Å². The van der Waals surface area contributed by atoms with E-state index in [2.05, 4.69) is 16.8 Å². The van der Waals surface area contributed by atoms with E-state index in [1.54, 1.807) is 19.4 Å². The number of hydrogen-bond donors (Lipinski definition) is 1. The molecule has 0 amide bonds. The van der Waals surface area contributed by atoms with Crippen LogP contribution < -0.4 is 4.74 Å². The van der Waals surface area contributed by atoms with Crippen LogP contribution in [-0.4, -0.2) is 17.2 Å². The third-order valence-corrected chi connectivity index (χ3v) is 3.10. The summed E-state index contributed by atoms with van der Waals surface area (Å²) in [6.45, 7) is 1.89. The number of nitrogens with zero attached hydrogens (tertiary/aromatic N) is 1. The fraction of sp³-hybridized carbons (Fsp3) is 0.235. The van der Waals surface area contributed by atoms with Gasteiger partial charge in [-0.05, 0) is 42.8 Å². The summed E-state index contributed by atoms with van der Waals surface area (Å²) in [5.74, 6) is 6.69. The number of aromatic nitrogens is 1. The average Bonchev–Trinajstić information content (AvgIpc) is 2.54. The summed E-state index contributed by atoms with van der Waals surface area (Å²) in [7, 11) is 1.62. The molecule has 0 aliphatic carbocycles. The molecule has 1 heterocycles. The van der Waals surface area contributed by atoms with Crippen molar-refractivity contribution in [2.45, 2.75) is 18.9 Å². The van der Waals surface area contributed by atoms with Gasteiger partial charge in [0.2, 0.25) is 0 Å². The maximum Gasteiger partial charge on any atom is 0.167 e. The molecule has 20 heavy (non-hydrogen) atoms. The summed E-state index contributed by atoms with van der Waals surface area (Å²) in [6.07, 6.45) is 2.14. The van der Waals surface area contributed by atoms with Crippen molar-refractivity contribution >= 4 is 0 Å². The summed E-state index contributed by atoms with van der Waals surface area (Å²) in [6, 6.07) is 12.9. The van der Waals surface area contributed by atoms with Crippen molar-refractivity contribution in [2.75, 3.05) is 7.11 Å². The lowest BCUT2D eigenvalue weighted by Gasteiger charge is -2.19. The molecule has 0 spiro atoms. The summed E-state index contributed by atoms with van der Waals surface area (Å²) in [5, 5.41) is 10.6. The van der Waals surface area contributed by atoms with Crippen molar-refractivity contribution in [2.24, 2.45) is 0 Å². The van der Waals surface area contributed by atoms with Crippen LogP contribution in [-0.2, 0) is 5.60 Å². The maximum atomic E-state index is 10.6. The predicted octanol–water partition coefficient (Wildman–Crippen LogP) is 2.74. The number of pyridine rings is 1. The van der Waals surface area contributed by atoms with Crippen LogP contribution in [0, 0.1) is 11.8 Å². The second-order valence-electron chi connectivity index (χ2n) is 4.41. The Morgan fingerprint density at radius 2 is 1.95 bits per heavy atom. The van der Waals surface area contributed by atoms with E-state index >= 15 is 0 Å². The standard InChI is InChI=1S/C17H17NO2/c1-3-17(19,16-6-4-5-13-18-16)12-11-14-7-9-15(20-2)10-8-14/h4-10,13,19H,3H2,1-2H3/t17-/m0/s1. The molecule has 3 nitrogen and oxygen atoms in total. The van der Waals surface area contributed by atoms with Gasteiger partial charge in [-0.25, -0.2) is 0 Å². The van der Waals surface area contributed by atoms with E-state index in [4.69, 9.17) is 4.74 Å². The summed E-state index contributed by atoms with van der Waals surface area (Å²) in [4.78, 5) is 4.19. The first-order valence-electron chi connectivity index (χ1n) is 6.49. The highest BCUT2D eigenvalue weighted by molar-refractivity contribution is 5.41. The maximum absolute atomic E-state index is 10.6. The Bertz CT molecular complexity index is 611. The molecule has 2 aromatic rings. The van der Waals surface area contributed by atoms with Gasteiger partial charge in [0.05, 0.1) is 12.8 Å². The minimum Gasteiger partial charge on any atom is -0.497 e. The van der Waals surface area contributed by atoms with E-state index < -0.39 is 5.60 Å². The van der Waals surface area contributed by atoms with Crippen LogP contribution >= 0.6 is 0 Å². The minimum atomic E-state index is -1.22. The van der Waals surface area contributed by atoms with E-state index in [1.807, 2.05) is 43.3 Å². The Balaban J connectivity index is 2.28. The minimum absolute atomic E-state index is 0.479. The number of ether oxygens (including phenoxy) is 1. The lowest BCUT2D eigenvalue weighted by Crippen LogP contribution is -2.23. The van der Waals surface area contributed by atoms with Crippen LogP contribution in [0.15, 0.2) is 48.7 Å². The summed E-state index contributed by atoms with van der Waals surface area (Å²) < 4.78 is 5.10. The molecule has 0 aliphatic heterocycles. The monoisotopic (exact) mass is 267 g/mol. The molecule has 0 fully saturated rings. The molecule has 0 aliphatic rings. The van der Waals surface area contributed by atoms with Gasteiger partial charge in [-0.1, -0.05) is 24.8 Å². The van der Waals surface area contributed by atoms with Gasteiger partial charge in [0.15, 0.2) is 5.60 Å². The molecule has 0 bridgehead atoms. The Morgan fingerprint density at radius 1 is 1.20 bits per heavy atom. The van der Waals surface area contributed by atoms with Gasteiger partial charge in [-0.2, -0.15) is 0 Å². The number of aliphatic hydroxyl groups is 1. The first-order chi connectivity index (χ1) is 9.68. The second-order valence-corrected chi connectivity index (χ2v) is 4.41. The molecule has 2 rings (SSSR count). The van der Waals surface area contributed by atoms with Gasteiger partial charge in [-0.15, -0.1) is 0 Å². The summed E-state index contributed by atoms with van der Waals surface area (Å²) in [5.41, 5.74) is 0.179. The normalized spacial score (nSPS) is 12.9. The van der Waals surface area contributed by atoms with Crippen LogP contribution in [0.1, 0.15) is 24.6 Å². The highest BCUT2D eigenvalue weighted by atomic mass is 16.5. The molecule has 0 radical (unpaired) electrons. The molecule has 0 saturated heterocycles. The second kappa shape index (κ2) is 6.23. The van der Waals surface area contributed by atoms with E-state index in [1.165, 1.54) is 0 Å². The molecule has 102 valence electrons. The average molecular weight is 267 g/mol. The fourth-order valence-corrected chi connectivity index (χ4v) is 1.79. The molecule has 0 saturated carbocycles. The molecule has 1 atom stereocenters. The summed E-state index contributed by atoms with van der Waals surface area (Å²) >= 11 is 0. The lowest BCUT2D eigenvalue weighted by atomic mass is 9.96. The molecule has 1 aromatic heterocycles. The van der Waals surface area contributed by atoms with E-state index in [-0.39, 0.29) is 0 Å². The van der Waals surface area contributed by atoms with Crippen LogP contribution in [0.5, 0.6) is 5.75 Å². The third-order valence-electron chi connectivity index (χ3n) is 3.10. The number of rotatable bonds is 3. The molecule has 1 N–H and O–H groups in total. The highest BCUT2D eigenvalue weighted by Crippen LogP contribution is 2.22. The largest absolute Gasteiger partial charge is 0.497 e. The molecule has 0 unspecified atom stereocenters. The number of methoxy groups -OCH3 is 1.